The Morgan fingerprint density at radius 2 is 2.35 bits per heavy atom. The van der Waals surface area contributed by atoms with Crippen molar-refractivity contribution < 1.29 is 13.2 Å². The van der Waals surface area contributed by atoms with Gasteiger partial charge in [-0.1, -0.05) is 0 Å². The number of piperidine rings is 1. The van der Waals surface area contributed by atoms with Crippen LogP contribution in [0.15, 0.2) is 17.6 Å². The number of hydrogen-bond donors (Lipinski definition) is 1. The topological polar surface area (TPSA) is 75.3 Å². The molecule has 1 N–H and O–H groups in total. The monoisotopic (exact) mass is 259 g/mol. The highest BCUT2D eigenvalue weighted by molar-refractivity contribution is 7.89. The number of methoxy groups -OCH3 is 1. The second-order valence-corrected chi connectivity index (χ2v) is 6.42. The molecule has 1 aromatic rings. The zero-order valence-corrected chi connectivity index (χ0v) is 10.8. The van der Waals surface area contributed by atoms with E-state index in [0.717, 1.165) is 12.8 Å². The van der Waals surface area contributed by atoms with Crippen LogP contribution in [0.1, 0.15) is 19.8 Å². The zero-order chi connectivity index (χ0) is 12.5. The van der Waals surface area contributed by atoms with E-state index in [1.54, 1.807) is 7.11 Å². The maximum atomic E-state index is 12.3. The summed E-state index contributed by atoms with van der Waals surface area (Å²) < 4.78 is 31.3. The largest absolute Gasteiger partial charge is 0.377 e. The van der Waals surface area contributed by atoms with Gasteiger partial charge in [0, 0.05) is 20.2 Å². The first-order valence-electron chi connectivity index (χ1n) is 5.52. The van der Waals surface area contributed by atoms with Crippen LogP contribution in [-0.2, 0) is 14.8 Å². The minimum Gasteiger partial charge on any atom is -0.377 e. The van der Waals surface area contributed by atoms with E-state index < -0.39 is 15.6 Å². The van der Waals surface area contributed by atoms with Gasteiger partial charge in [0.1, 0.15) is 0 Å². The molecule has 0 aromatic carbocycles. The first kappa shape index (κ1) is 12.5. The molecule has 0 saturated carbocycles. The lowest BCUT2D eigenvalue weighted by molar-refractivity contribution is -0.0319. The van der Waals surface area contributed by atoms with Gasteiger partial charge in [0.05, 0.1) is 18.1 Å². The Kier molecular flexibility index (Phi) is 3.24. The summed E-state index contributed by atoms with van der Waals surface area (Å²) in [7, 11) is -1.85. The minimum atomic E-state index is -3.46. The fraction of sp³-hybridized carbons (Fsp3) is 0.700. The van der Waals surface area contributed by atoms with Gasteiger partial charge in [-0.25, -0.2) is 13.4 Å². The number of hydrogen-bond acceptors (Lipinski definition) is 4. The zero-order valence-electron chi connectivity index (χ0n) is 10.0. The van der Waals surface area contributed by atoms with Crippen molar-refractivity contribution in [2.45, 2.75) is 30.4 Å². The van der Waals surface area contributed by atoms with Crippen molar-refractivity contribution in [3.05, 3.63) is 12.5 Å². The number of nitrogens with zero attached hydrogens (tertiary/aromatic N) is 2. The number of nitrogens with one attached hydrogen (secondary N) is 1. The summed E-state index contributed by atoms with van der Waals surface area (Å²) in [5, 5.41) is 0.137. The third kappa shape index (κ3) is 2.36. The second kappa shape index (κ2) is 4.40. The second-order valence-electron chi connectivity index (χ2n) is 4.51. The predicted molar refractivity (Wildman–Crippen MR) is 62.0 cm³/mol. The van der Waals surface area contributed by atoms with Crippen molar-refractivity contribution in [1.29, 1.82) is 0 Å². The molecule has 2 heterocycles. The van der Waals surface area contributed by atoms with Crippen LogP contribution in [-0.4, -0.2) is 48.5 Å². The third-order valence-corrected chi connectivity index (χ3v) is 4.98. The summed E-state index contributed by atoms with van der Waals surface area (Å²) in [5.41, 5.74) is -0.397. The molecule has 7 heteroatoms. The molecule has 1 unspecified atom stereocenters. The van der Waals surface area contributed by atoms with Crippen LogP contribution >= 0.6 is 0 Å². The average molecular weight is 259 g/mol. The quantitative estimate of drug-likeness (QED) is 0.862. The molecule has 1 fully saturated rings. The molecule has 2 rings (SSSR count). The number of imidazole rings is 1. The van der Waals surface area contributed by atoms with Crippen LogP contribution in [0.4, 0.5) is 0 Å². The van der Waals surface area contributed by atoms with Crippen molar-refractivity contribution in [3.8, 4) is 0 Å². The summed E-state index contributed by atoms with van der Waals surface area (Å²) in [5.74, 6) is 0. The van der Waals surface area contributed by atoms with Gasteiger partial charge in [-0.3, -0.25) is 0 Å². The fourth-order valence-corrected chi connectivity index (χ4v) is 3.54. The molecular weight excluding hydrogens is 242 g/mol. The van der Waals surface area contributed by atoms with E-state index in [-0.39, 0.29) is 5.03 Å². The molecule has 0 aliphatic carbocycles. The lowest BCUT2D eigenvalue weighted by Gasteiger charge is -2.38. The summed E-state index contributed by atoms with van der Waals surface area (Å²) in [6, 6.07) is 0. The Balaban J connectivity index is 2.23. The Bertz CT molecular complexity index is 471. The molecule has 1 aliphatic rings. The highest BCUT2D eigenvalue weighted by Crippen LogP contribution is 2.27. The average Bonchev–Trinajstić information content (AvgIpc) is 2.83. The lowest BCUT2D eigenvalue weighted by atomic mass is 9.96. The van der Waals surface area contributed by atoms with Crippen LogP contribution in [0.2, 0.25) is 0 Å². The maximum absolute atomic E-state index is 12.3. The van der Waals surface area contributed by atoms with Gasteiger partial charge in [-0.05, 0) is 19.8 Å². The summed E-state index contributed by atoms with van der Waals surface area (Å²) in [4.78, 5) is 6.39. The molecule has 96 valence electrons. The number of aromatic nitrogens is 2. The molecule has 0 amide bonds. The molecule has 17 heavy (non-hydrogen) atoms. The van der Waals surface area contributed by atoms with Crippen molar-refractivity contribution in [1.82, 2.24) is 14.3 Å². The van der Waals surface area contributed by atoms with Crippen LogP contribution < -0.4 is 0 Å². The van der Waals surface area contributed by atoms with E-state index in [1.807, 2.05) is 6.92 Å². The highest BCUT2D eigenvalue weighted by atomic mass is 32.2. The Labute approximate surface area is 101 Å². The van der Waals surface area contributed by atoms with E-state index in [0.29, 0.717) is 13.1 Å². The summed E-state index contributed by atoms with van der Waals surface area (Å²) in [6.45, 7) is 2.84. The summed E-state index contributed by atoms with van der Waals surface area (Å²) in [6.07, 6.45) is 4.37. The fourth-order valence-electron chi connectivity index (χ4n) is 2.06. The van der Waals surface area contributed by atoms with Gasteiger partial charge >= 0.3 is 0 Å². The predicted octanol–water partition coefficient (Wildman–Crippen LogP) is 0.599. The number of ether oxygens (including phenoxy) is 1. The van der Waals surface area contributed by atoms with E-state index in [4.69, 9.17) is 4.74 Å². The molecule has 0 spiro atoms. The van der Waals surface area contributed by atoms with E-state index >= 15 is 0 Å². The molecule has 1 aromatic heterocycles. The van der Waals surface area contributed by atoms with E-state index in [1.165, 1.54) is 16.8 Å². The first-order chi connectivity index (χ1) is 7.98. The number of rotatable bonds is 3. The maximum Gasteiger partial charge on any atom is 0.260 e. The van der Waals surface area contributed by atoms with Gasteiger partial charge < -0.3 is 9.72 Å². The molecule has 1 atom stereocenters. The smallest absolute Gasteiger partial charge is 0.260 e. The molecular formula is C10H17N3O3S. The van der Waals surface area contributed by atoms with Crippen LogP contribution in [0, 0.1) is 0 Å². The Morgan fingerprint density at radius 3 is 2.94 bits per heavy atom. The number of aromatic amines is 1. The lowest BCUT2D eigenvalue weighted by Crippen LogP contribution is -2.49. The molecule has 0 bridgehead atoms. The van der Waals surface area contributed by atoms with Gasteiger partial charge in [0.15, 0.2) is 5.03 Å². The number of sulfonamides is 1. The van der Waals surface area contributed by atoms with Crippen molar-refractivity contribution in [2.75, 3.05) is 20.2 Å². The Hall–Kier alpha value is -0.920. The van der Waals surface area contributed by atoms with Crippen molar-refractivity contribution >= 4 is 10.0 Å². The standard InChI is InChI=1S/C10H17N3O3S/c1-10(16-2)4-3-5-13(7-10)17(14,15)9-6-11-8-12-9/h6,8H,3-5,7H2,1-2H3,(H,11,12). The van der Waals surface area contributed by atoms with Crippen molar-refractivity contribution in [2.24, 2.45) is 0 Å². The molecule has 0 radical (unpaired) electrons. The van der Waals surface area contributed by atoms with E-state index in [9.17, 15) is 8.42 Å². The minimum absolute atomic E-state index is 0.137. The molecule has 1 saturated heterocycles. The van der Waals surface area contributed by atoms with E-state index in [2.05, 4.69) is 9.97 Å². The van der Waals surface area contributed by atoms with Crippen LogP contribution in [0.3, 0.4) is 0 Å². The van der Waals surface area contributed by atoms with Gasteiger partial charge in [0.2, 0.25) is 0 Å². The van der Waals surface area contributed by atoms with Gasteiger partial charge in [-0.2, -0.15) is 4.31 Å². The third-order valence-electron chi connectivity index (χ3n) is 3.21. The number of H-pyrrole nitrogens is 1. The normalized spacial score (nSPS) is 27.2. The Morgan fingerprint density at radius 1 is 1.59 bits per heavy atom. The first-order valence-corrected chi connectivity index (χ1v) is 6.96. The molecule has 6 nitrogen and oxygen atoms in total. The van der Waals surface area contributed by atoms with Gasteiger partial charge in [0.25, 0.3) is 10.0 Å². The van der Waals surface area contributed by atoms with Crippen molar-refractivity contribution in [3.63, 3.8) is 0 Å². The van der Waals surface area contributed by atoms with Gasteiger partial charge in [-0.15, -0.1) is 0 Å². The van der Waals surface area contributed by atoms with Crippen LogP contribution in [0.25, 0.3) is 0 Å². The summed E-state index contributed by atoms with van der Waals surface area (Å²) >= 11 is 0. The SMILES string of the molecule is COC1(C)CCCN(S(=O)(=O)c2cnc[nH]2)C1. The highest BCUT2D eigenvalue weighted by Gasteiger charge is 2.37. The van der Waals surface area contributed by atoms with Crippen LogP contribution in [0.5, 0.6) is 0 Å². The molecule has 1 aliphatic heterocycles.